The van der Waals surface area contributed by atoms with Gasteiger partial charge >= 0.3 is 0 Å². The fourth-order valence-electron chi connectivity index (χ4n) is 1.64. The second kappa shape index (κ2) is 6.02. The smallest absolute Gasteiger partial charge is 0.129 e. The summed E-state index contributed by atoms with van der Waals surface area (Å²) in [5.74, 6) is 0.962. The molecule has 2 aromatic rings. The minimum absolute atomic E-state index is 0.668. The first kappa shape index (κ1) is 12.4. The minimum Gasteiger partial charge on any atom is -0.467 e. The van der Waals surface area contributed by atoms with Crippen LogP contribution in [0.5, 0.6) is 0 Å². The van der Waals surface area contributed by atoms with Crippen LogP contribution in [0.15, 0.2) is 33.6 Å². The molecule has 92 valence electrons. The van der Waals surface area contributed by atoms with Crippen LogP contribution >= 0.6 is 15.9 Å². The molecule has 0 aliphatic heterocycles. The zero-order valence-electron chi connectivity index (χ0n) is 9.82. The van der Waals surface area contributed by atoms with E-state index in [1.807, 2.05) is 16.9 Å². The minimum atomic E-state index is 0.668. The first-order chi connectivity index (χ1) is 8.29. The summed E-state index contributed by atoms with van der Waals surface area (Å²) >= 11 is 3.38. The van der Waals surface area contributed by atoms with Gasteiger partial charge in [-0.25, -0.2) is 0 Å². The Kier molecular flexibility index (Phi) is 4.39. The second-order valence-electron chi connectivity index (χ2n) is 3.90. The van der Waals surface area contributed by atoms with E-state index in [9.17, 15) is 0 Å². The van der Waals surface area contributed by atoms with Crippen LogP contribution in [0, 0.1) is 0 Å². The topological polar surface area (TPSA) is 43.0 Å². The van der Waals surface area contributed by atoms with Crippen molar-refractivity contribution >= 4 is 15.9 Å². The molecule has 0 radical (unpaired) electrons. The molecular weight excluding hydrogens is 282 g/mol. The molecule has 0 unspecified atom stereocenters. The van der Waals surface area contributed by atoms with E-state index in [0.717, 1.165) is 29.7 Å². The van der Waals surface area contributed by atoms with E-state index in [1.54, 1.807) is 12.5 Å². The lowest BCUT2D eigenvalue weighted by atomic mass is 10.2. The van der Waals surface area contributed by atoms with Gasteiger partial charge in [0.25, 0.3) is 0 Å². The predicted molar refractivity (Wildman–Crippen MR) is 69.7 cm³/mol. The molecule has 0 atom stereocenters. The monoisotopic (exact) mass is 297 g/mol. The van der Waals surface area contributed by atoms with Crippen molar-refractivity contribution in [2.75, 3.05) is 6.54 Å². The third-order valence-corrected chi connectivity index (χ3v) is 2.90. The number of aromatic nitrogens is 2. The predicted octanol–water partition coefficient (Wildman–Crippen LogP) is 2.79. The first-order valence-electron chi connectivity index (χ1n) is 5.73. The van der Waals surface area contributed by atoms with Crippen molar-refractivity contribution < 1.29 is 4.42 Å². The first-order valence-corrected chi connectivity index (χ1v) is 6.53. The normalized spacial score (nSPS) is 10.9. The summed E-state index contributed by atoms with van der Waals surface area (Å²) in [6, 6.07) is 2.01. The fourth-order valence-corrected chi connectivity index (χ4v) is 1.96. The van der Waals surface area contributed by atoms with Crippen LogP contribution < -0.4 is 5.32 Å². The van der Waals surface area contributed by atoms with Crippen LogP contribution in [0.3, 0.4) is 0 Å². The maximum Gasteiger partial charge on any atom is 0.129 e. The van der Waals surface area contributed by atoms with Crippen molar-refractivity contribution in [1.82, 2.24) is 15.1 Å². The molecular formula is C12H16BrN3O. The molecule has 0 bridgehead atoms. The molecule has 4 nitrogen and oxygen atoms in total. The number of nitrogens with one attached hydrogen (secondary N) is 1. The Bertz CT molecular complexity index is 464. The van der Waals surface area contributed by atoms with E-state index in [-0.39, 0.29) is 0 Å². The molecule has 0 aliphatic carbocycles. The van der Waals surface area contributed by atoms with E-state index < -0.39 is 0 Å². The average molecular weight is 298 g/mol. The second-order valence-corrected chi connectivity index (χ2v) is 4.82. The molecule has 0 saturated carbocycles. The van der Waals surface area contributed by atoms with E-state index >= 15 is 0 Å². The van der Waals surface area contributed by atoms with Crippen molar-refractivity contribution in [1.29, 1.82) is 0 Å². The summed E-state index contributed by atoms with van der Waals surface area (Å²) in [6.07, 6.45) is 6.58. The fraction of sp³-hybridized carbons (Fsp3) is 0.417. The van der Waals surface area contributed by atoms with Gasteiger partial charge in [-0.3, -0.25) is 4.68 Å². The molecule has 1 N–H and O–H groups in total. The maximum absolute atomic E-state index is 5.49. The Hall–Kier alpha value is -1.07. The SMILES string of the molecule is CCCNCc1ccoc1Cn1cc(Br)cn1. The largest absolute Gasteiger partial charge is 0.467 e. The number of hydrogen-bond donors (Lipinski definition) is 1. The Morgan fingerprint density at radius 1 is 1.53 bits per heavy atom. The van der Waals surface area contributed by atoms with E-state index in [4.69, 9.17) is 4.42 Å². The van der Waals surface area contributed by atoms with Gasteiger partial charge in [0.2, 0.25) is 0 Å². The van der Waals surface area contributed by atoms with Gasteiger partial charge in [0.15, 0.2) is 0 Å². The zero-order chi connectivity index (χ0) is 12.1. The standard InChI is InChI=1S/C12H16BrN3O/c1-2-4-14-6-10-3-5-17-12(10)9-16-8-11(13)7-15-16/h3,5,7-8,14H,2,4,6,9H2,1H3. The van der Waals surface area contributed by atoms with Crippen molar-refractivity contribution in [2.24, 2.45) is 0 Å². The molecule has 0 aromatic carbocycles. The van der Waals surface area contributed by atoms with Crippen LogP contribution in [0.1, 0.15) is 24.7 Å². The quantitative estimate of drug-likeness (QED) is 0.834. The van der Waals surface area contributed by atoms with E-state index in [2.05, 4.69) is 33.3 Å². The molecule has 0 fully saturated rings. The Morgan fingerprint density at radius 3 is 3.12 bits per heavy atom. The van der Waals surface area contributed by atoms with Crippen molar-refractivity contribution in [3.05, 3.63) is 40.5 Å². The van der Waals surface area contributed by atoms with Gasteiger partial charge < -0.3 is 9.73 Å². The Labute approximate surface area is 109 Å². The van der Waals surface area contributed by atoms with Gasteiger partial charge in [-0.2, -0.15) is 5.10 Å². The zero-order valence-corrected chi connectivity index (χ0v) is 11.4. The van der Waals surface area contributed by atoms with Gasteiger partial charge in [-0.15, -0.1) is 0 Å². The number of hydrogen-bond acceptors (Lipinski definition) is 3. The maximum atomic E-state index is 5.49. The third-order valence-electron chi connectivity index (χ3n) is 2.49. The van der Waals surface area contributed by atoms with Gasteiger partial charge in [-0.05, 0) is 35.0 Å². The summed E-state index contributed by atoms with van der Waals surface area (Å²) in [7, 11) is 0. The lowest BCUT2D eigenvalue weighted by Crippen LogP contribution is -2.15. The molecule has 0 saturated heterocycles. The molecule has 2 rings (SSSR count). The average Bonchev–Trinajstić information content (AvgIpc) is 2.90. The summed E-state index contributed by atoms with van der Waals surface area (Å²) in [5, 5.41) is 7.59. The van der Waals surface area contributed by atoms with Crippen LogP contribution in [0.2, 0.25) is 0 Å². The molecule has 0 amide bonds. The number of rotatable bonds is 6. The Balaban J connectivity index is 1.98. The number of halogens is 1. The van der Waals surface area contributed by atoms with Crippen molar-refractivity contribution in [3.63, 3.8) is 0 Å². The summed E-state index contributed by atoms with van der Waals surface area (Å²) in [4.78, 5) is 0. The van der Waals surface area contributed by atoms with Gasteiger partial charge in [-0.1, -0.05) is 6.92 Å². The molecule has 2 heterocycles. The highest BCUT2D eigenvalue weighted by molar-refractivity contribution is 9.10. The lowest BCUT2D eigenvalue weighted by molar-refractivity contribution is 0.472. The van der Waals surface area contributed by atoms with Crippen molar-refractivity contribution in [2.45, 2.75) is 26.4 Å². The highest BCUT2D eigenvalue weighted by Gasteiger charge is 2.07. The van der Waals surface area contributed by atoms with Gasteiger partial charge in [0.05, 0.1) is 23.5 Å². The number of nitrogens with zero attached hydrogens (tertiary/aromatic N) is 2. The highest BCUT2D eigenvalue weighted by Crippen LogP contribution is 2.13. The lowest BCUT2D eigenvalue weighted by Gasteiger charge is -2.04. The highest BCUT2D eigenvalue weighted by atomic mass is 79.9. The summed E-state index contributed by atoms with van der Waals surface area (Å²) in [6.45, 7) is 4.70. The Morgan fingerprint density at radius 2 is 2.41 bits per heavy atom. The molecule has 5 heteroatoms. The molecule has 2 aromatic heterocycles. The summed E-state index contributed by atoms with van der Waals surface area (Å²) < 4.78 is 8.33. The third kappa shape index (κ3) is 3.44. The summed E-state index contributed by atoms with van der Waals surface area (Å²) in [5.41, 5.74) is 1.20. The van der Waals surface area contributed by atoms with Crippen molar-refractivity contribution in [3.8, 4) is 0 Å². The molecule has 17 heavy (non-hydrogen) atoms. The number of furan rings is 1. The molecule has 0 aliphatic rings. The van der Waals surface area contributed by atoms with Crippen LogP contribution in [0.4, 0.5) is 0 Å². The van der Waals surface area contributed by atoms with Crippen LogP contribution in [0.25, 0.3) is 0 Å². The van der Waals surface area contributed by atoms with Crippen LogP contribution in [-0.2, 0) is 13.1 Å². The van der Waals surface area contributed by atoms with Crippen LogP contribution in [-0.4, -0.2) is 16.3 Å². The van der Waals surface area contributed by atoms with Gasteiger partial charge in [0.1, 0.15) is 5.76 Å². The molecule has 0 spiro atoms. The van der Waals surface area contributed by atoms with E-state index in [1.165, 1.54) is 5.56 Å². The van der Waals surface area contributed by atoms with E-state index in [0.29, 0.717) is 6.54 Å². The van der Waals surface area contributed by atoms with Gasteiger partial charge in [0, 0.05) is 18.3 Å².